The minimum absolute atomic E-state index is 0.0886. The fourth-order valence-corrected chi connectivity index (χ4v) is 3.96. The third-order valence-corrected chi connectivity index (χ3v) is 5.74. The molecule has 8 heteroatoms. The number of carboxylic acids is 1. The zero-order valence-corrected chi connectivity index (χ0v) is 17.1. The van der Waals surface area contributed by atoms with Gasteiger partial charge < -0.3 is 5.11 Å². The predicted molar refractivity (Wildman–Crippen MR) is 121 cm³/mol. The molecule has 0 bridgehead atoms. The molecule has 0 aliphatic carbocycles. The number of carboxylic acid groups (broad SMARTS) is 1. The first kappa shape index (κ1) is 19.1. The topological polar surface area (TPSA) is 108 Å². The lowest BCUT2D eigenvalue weighted by molar-refractivity contribution is -0.133. The molecule has 3 aromatic carbocycles. The number of aliphatic carboxylic acids is 1. The maximum Gasteiger partial charge on any atom is 0.313 e. The van der Waals surface area contributed by atoms with Crippen LogP contribution in [0.3, 0.4) is 0 Å². The maximum absolute atomic E-state index is 10.8. The van der Waals surface area contributed by atoms with E-state index in [-0.39, 0.29) is 5.75 Å². The average molecular weight is 427 g/mol. The van der Waals surface area contributed by atoms with Gasteiger partial charge in [0.05, 0.1) is 11.9 Å². The second-order valence-corrected chi connectivity index (χ2v) is 7.94. The van der Waals surface area contributed by atoms with Crippen LogP contribution in [-0.2, 0) is 4.79 Å². The number of aromatic amines is 2. The lowest BCUT2D eigenvalue weighted by atomic mass is 9.95. The molecule has 2 heterocycles. The number of nitrogens with one attached hydrogen (secondary N) is 2. The van der Waals surface area contributed by atoms with Gasteiger partial charge in [0.25, 0.3) is 0 Å². The number of H-pyrrole nitrogens is 2. The largest absolute Gasteiger partial charge is 0.481 e. The number of fused-ring (bicyclic) bond motifs is 1. The first-order chi connectivity index (χ1) is 15.2. The Morgan fingerprint density at radius 3 is 2.45 bits per heavy atom. The number of carbonyl (C=O) groups is 1. The van der Waals surface area contributed by atoms with Crippen molar-refractivity contribution in [3.8, 4) is 33.6 Å². The molecule has 0 saturated carbocycles. The lowest BCUT2D eigenvalue weighted by Crippen LogP contribution is -1.97. The van der Waals surface area contributed by atoms with Crippen LogP contribution in [0.2, 0.25) is 0 Å². The number of thioether (sulfide) groups is 1. The Morgan fingerprint density at radius 1 is 0.903 bits per heavy atom. The van der Waals surface area contributed by atoms with Crippen molar-refractivity contribution >= 4 is 28.5 Å². The van der Waals surface area contributed by atoms with Crippen molar-refractivity contribution in [1.82, 2.24) is 25.4 Å². The summed E-state index contributed by atoms with van der Waals surface area (Å²) in [4.78, 5) is 15.3. The van der Waals surface area contributed by atoms with Crippen LogP contribution in [0.1, 0.15) is 0 Å². The third kappa shape index (κ3) is 4.06. The summed E-state index contributed by atoms with van der Waals surface area (Å²) in [5.74, 6) is -0.411. The maximum atomic E-state index is 10.8. The van der Waals surface area contributed by atoms with Crippen LogP contribution in [0.15, 0.2) is 78.2 Å². The fourth-order valence-electron chi connectivity index (χ4n) is 3.44. The molecule has 5 aromatic rings. The van der Waals surface area contributed by atoms with Crippen molar-refractivity contribution in [1.29, 1.82) is 0 Å². The van der Waals surface area contributed by atoms with Crippen LogP contribution in [-0.4, -0.2) is 42.2 Å². The van der Waals surface area contributed by atoms with E-state index in [1.165, 1.54) is 10.8 Å². The Balaban J connectivity index is 1.60. The van der Waals surface area contributed by atoms with E-state index in [2.05, 4.69) is 67.8 Å². The third-order valence-electron chi connectivity index (χ3n) is 4.91. The minimum Gasteiger partial charge on any atom is -0.481 e. The number of hydrogen-bond donors (Lipinski definition) is 3. The normalized spacial score (nSPS) is 11.1. The summed E-state index contributed by atoms with van der Waals surface area (Å²) in [5.41, 5.74) is 4.94. The molecule has 0 fully saturated rings. The van der Waals surface area contributed by atoms with E-state index in [0.29, 0.717) is 11.0 Å². The van der Waals surface area contributed by atoms with Crippen molar-refractivity contribution in [2.45, 2.75) is 5.16 Å². The monoisotopic (exact) mass is 427 g/mol. The molecule has 31 heavy (non-hydrogen) atoms. The Labute approximate surface area is 181 Å². The van der Waals surface area contributed by atoms with Gasteiger partial charge >= 0.3 is 5.97 Å². The lowest BCUT2D eigenvalue weighted by Gasteiger charge is -2.09. The molecule has 3 N–H and O–H groups in total. The Hall–Kier alpha value is -3.91. The van der Waals surface area contributed by atoms with Gasteiger partial charge in [-0.05, 0) is 51.7 Å². The van der Waals surface area contributed by atoms with Crippen molar-refractivity contribution in [3.05, 3.63) is 73.1 Å². The first-order valence-corrected chi connectivity index (χ1v) is 10.5. The van der Waals surface area contributed by atoms with E-state index in [1.807, 2.05) is 24.4 Å². The van der Waals surface area contributed by atoms with Crippen molar-refractivity contribution in [3.63, 3.8) is 0 Å². The van der Waals surface area contributed by atoms with Gasteiger partial charge in [-0.25, -0.2) is 4.98 Å². The molecule has 0 saturated heterocycles. The van der Waals surface area contributed by atoms with Crippen molar-refractivity contribution < 1.29 is 9.90 Å². The molecule has 0 unspecified atom stereocenters. The van der Waals surface area contributed by atoms with Crippen LogP contribution in [0.25, 0.3) is 44.4 Å². The Morgan fingerprint density at radius 2 is 1.68 bits per heavy atom. The summed E-state index contributed by atoms with van der Waals surface area (Å²) in [5, 5.41) is 25.6. The zero-order chi connectivity index (χ0) is 21.2. The van der Waals surface area contributed by atoms with Gasteiger partial charge in [0, 0.05) is 17.3 Å². The summed E-state index contributed by atoms with van der Waals surface area (Å²) >= 11 is 1.08. The number of benzene rings is 3. The van der Waals surface area contributed by atoms with E-state index in [1.54, 1.807) is 6.20 Å². The zero-order valence-electron chi connectivity index (χ0n) is 16.2. The summed E-state index contributed by atoms with van der Waals surface area (Å²) in [6.45, 7) is 0. The molecule has 0 amide bonds. The van der Waals surface area contributed by atoms with Gasteiger partial charge in [0.2, 0.25) is 5.16 Å². The number of hydrogen-bond acceptors (Lipinski definition) is 5. The average Bonchev–Trinajstić information content (AvgIpc) is 3.49. The highest BCUT2D eigenvalue weighted by Crippen LogP contribution is 2.33. The van der Waals surface area contributed by atoms with Crippen LogP contribution in [0.5, 0.6) is 0 Å². The van der Waals surface area contributed by atoms with E-state index in [0.717, 1.165) is 39.6 Å². The second kappa shape index (κ2) is 8.08. The van der Waals surface area contributed by atoms with Gasteiger partial charge in [-0.15, -0.1) is 5.10 Å². The molecule has 152 valence electrons. The van der Waals surface area contributed by atoms with Gasteiger partial charge in [-0.2, -0.15) is 5.10 Å². The van der Waals surface area contributed by atoms with Gasteiger partial charge in [-0.1, -0.05) is 48.2 Å². The molecule has 0 spiro atoms. The number of rotatable bonds is 6. The molecule has 5 rings (SSSR count). The van der Waals surface area contributed by atoms with Crippen LogP contribution < -0.4 is 0 Å². The molecule has 0 aliphatic heterocycles. The minimum atomic E-state index is -0.906. The molecule has 0 aliphatic rings. The number of aromatic nitrogens is 5. The summed E-state index contributed by atoms with van der Waals surface area (Å²) in [6, 6.07) is 20.8. The van der Waals surface area contributed by atoms with E-state index >= 15 is 0 Å². The molecule has 7 nitrogen and oxygen atoms in total. The smallest absolute Gasteiger partial charge is 0.313 e. The van der Waals surface area contributed by atoms with Crippen molar-refractivity contribution in [2.75, 3.05) is 5.75 Å². The highest BCUT2D eigenvalue weighted by atomic mass is 32.2. The highest BCUT2D eigenvalue weighted by molar-refractivity contribution is 7.99. The van der Waals surface area contributed by atoms with Gasteiger partial charge in [0.15, 0.2) is 5.82 Å². The van der Waals surface area contributed by atoms with Crippen LogP contribution >= 0.6 is 11.8 Å². The molecule has 0 radical (unpaired) electrons. The summed E-state index contributed by atoms with van der Waals surface area (Å²) in [6.07, 6.45) is 3.62. The fraction of sp³-hybridized carbons (Fsp3) is 0.0435. The molecule has 2 aromatic heterocycles. The molecule has 0 atom stereocenters. The summed E-state index contributed by atoms with van der Waals surface area (Å²) in [7, 11) is 0. The first-order valence-electron chi connectivity index (χ1n) is 9.56. The standard InChI is InChI=1S/C23H17N5O2S/c29-21(30)13-31-23-26-22(27-28-23)19-9-17(8-18(10-19)20-11-24-25-12-20)16-6-5-14-3-1-2-4-15(14)7-16/h1-12H,13H2,(H,24,25)(H,29,30)(H,26,27,28). The summed E-state index contributed by atoms with van der Waals surface area (Å²) < 4.78 is 0. The van der Waals surface area contributed by atoms with Crippen LogP contribution in [0, 0.1) is 0 Å². The van der Waals surface area contributed by atoms with Crippen molar-refractivity contribution in [2.24, 2.45) is 0 Å². The van der Waals surface area contributed by atoms with Gasteiger partial charge in [0.1, 0.15) is 0 Å². The highest BCUT2D eigenvalue weighted by Gasteiger charge is 2.12. The SMILES string of the molecule is O=C(O)CSc1n[nH]c(-c2cc(-c3cn[nH]c3)cc(-c3ccc4ccccc4c3)c2)n1. The quantitative estimate of drug-likeness (QED) is 0.334. The van der Waals surface area contributed by atoms with Gasteiger partial charge in [-0.3, -0.25) is 15.0 Å². The Bertz CT molecular complexity index is 1380. The van der Waals surface area contributed by atoms with Crippen LogP contribution in [0.4, 0.5) is 0 Å². The van der Waals surface area contributed by atoms with E-state index < -0.39 is 5.97 Å². The Kier molecular flexibility index (Phi) is 4.97. The molecular weight excluding hydrogens is 410 g/mol. The second-order valence-electron chi connectivity index (χ2n) is 7.00. The number of nitrogens with zero attached hydrogens (tertiary/aromatic N) is 3. The van der Waals surface area contributed by atoms with E-state index in [4.69, 9.17) is 5.11 Å². The predicted octanol–water partition coefficient (Wildman–Crippen LogP) is 4.86. The molecular formula is C23H17N5O2S. The van der Waals surface area contributed by atoms with E-state index in [9.17, 15) is 4.79 Å².